The van der Waals surface area contributed by atoms with Crippen molar-refractivity contribution >= 4 is 17.4 Å². The van der Waals surface area contributed by atoms with Crippen LogP contribution < -0.4 is 19.5 Å². The van der Waals surface area contributed by atoms with Gasteiger partial charge in [-0.25, -0.2) is 4.79 Å². The minimum absolute atomic E-state index is 0.0265. The van der Waals surface area contributed by atoms with Gasteiger partial charge in [0, 0.05) is 17.1 Å². The number of ether oxygens (including phenoxy) is 3. The highest BCUT2D eigenvalue weighted by Gasteiger charge is 2.52. The third-order valence-electron chi connectivity index (χ3n) is 6.95. The number of likely N-dealkylation sites (N-methyl/N-ethyl adjacent to an activating group) is 1. The zero-order chi connectivity index (χ0) is 23.4. The number of methoxy groups -OCH3 is 3. The van der Waals surface area contributed by atoms with Gasteiger partial charge in [-0.15, -0.1) is 0 Å². The lowest BCUT2D eigenvalue weighted by Crippen LogP contribution is -2.46. The first-order valence-electron chi connectivity index (χ1n) is 11.1. The van der Waals surface area contributed by atoms with Crippen LogP contribution in [0.4, 0.5) is 10.5 Å². The number of hydrogen-bond donors (Lipinski definition) is 1. The molecule has 2 amide bonds. The minimum atomic E-state index is -0.482. The molecule has 0 aromatic heterocycles. The van der Waals surface area contributed by atoms with Crippen LogP contribution in [-0.4, -0.2) is 62.4 Å². The molecule has 0 bridgehead atoms. The van der Waals surface area contributed by atoms with Gasteiger partial charge in [-0.3, -0.25) is 0 Å². The number of urea groups is 1. The first-order valence-corrected chi connectivity index (χ1v) is 11.1. The Labute approximate surface area is 194 Å². The van der Waals surface area contributed by atoms with Crippen molar-refractivity contribution in [1.29, 1.82) is 0 Å². The summed E-state index contributed by atoms with van der Waals surface area (Å²) in [5, 5.41) is 6.66. The van der Waals surface area contributed by atoms with Crippen molar-refractivity contribution in [3.63, 3.8) is 0 Å². The molecule has 2 atom stereocenters. The largest absolute Gasteiger partial charge is 0.497 e. The lowest BCUT2D eigenvalue weighted by atomic mass is 9.65. The number of fused-ring (bicyclic) bond motifs is 1. The molecule has 1 N–H and O–H groups in total. The Kier molecular flexibility index (Phi) is 6.67. The van der Waals surface area contributed by atoms with E-state index in [2.05, 4.69) is 39.3 Å². The zero-order valence-electron chi connectivity index (χ0n) is 19.6. The van der Waals surface area contributed by atoms with E-state index in [0.717, 1.165) is 55.2 Å². The average molecular weight is 452 g/mol. The second kappa shape index (κ2) is 9.65. The Morgan fingerprint density at radius 1 is 1.06 bits per heavy atom. The Balaban J connectivity index is 1.51. The van der Waals surface area contributed by atoms with Gasteiger partial charge in [0.05, 0.1) is 39.0 Å². The lowest BCUT2D eigenvalue weighted by Gasteiger charge is -2.39. The number of carbonyl (C=O) groups excluding carboxylic acids is 1. The SMILES string of the molecule is COc1ccc(NC(=O)N=[N+]=C2CC[C@@]3(c4ccc(OC)c(OC)c4)CCN(C)[C@H]3C2)cc1. The van der Waals surface area contributed by atoms with Crippen molar-refractivity contribution in [3.8, 4) is 17.2 Å². The summed E-state index contributed by atoms with van der Waals surface area (Å²) in [5.41, 5.74) is 2.90. The fourth-order valence-corrected chi connectivity index (χ4v) is 5.11. The van der Waals surface area contributed by atoms with Crippen LogP contribution in [-0.2, 0) is 5.41 Å². The quantitative estimate of drug-likeness (QED) is 0.545. The second-order valence-electron chi connectivity index (χ2n) is 8.60. The van der Waals surface area contributed by atoms with Crippen LogP contribution in [0.2, 0.25) is 0 Å². The molecule has 4 rings (SSSR count). The molecule has 174 valence electrons. The molecule has 2 aromatic carbocycles. The summed E-state index contributed by atoms with van der Waals surface area (Å²) in [6.45, 7) is 1.02. The number of anilines is 1. The summed E-state index contributed by atoms with van der Waals surface area (Å²) >= 11 is 0. The molecule has 1 saturated heterocycles. The van der Waals surface area contributed by atoms with Gasteiger partial charge in [-0.2, -0.15) is 0 Å². The predicted octanol–water partition coefficient (Wildman–Crippen LogP) is 4.17. The van der Waals surface area contributed by atoms with Crippen LogP contribution in [0.5, 0.6) is 17.2 Å². The number of rotatable bonds is 5. The van der Waals surface area contributed by atoms with Crippen LogP contribution in [0, 0.1) is 0 Å². The topological polar surface area (TPSA) is 86.5 Å². The summed E-state index contributed by atoms with van der Waals surface area (Å²) in [5.74, 6) is 2.22. The van der Waals surface area contributed by atoms with E-state index in [0.29, 0.717) is 11.7 Å². The smallest absolute Gasteiger partial charge is 0.423 e. The van der Waals surface area contributed by atoms with Gasteiger partial charge >= 0.3 is 11.7 Å². The van der Waals surface area contributed by atoms with Crippen molar-refractivity contribution in [1.82, 2.24) is 4.90 Å². The molecule has 2 aliphatic rings. The molecular formula is C25H31N4O4+. The summed E-state index contributed by atoms with van der Waals surface area (Å²) in [7, 11) is 7.08. The molecule has 1 aliphatic carbocycles. The first-order chi connectivity index (χ1) is 16.0. The van der Waals surface area contributed by atoms with Crippen molar-refractivity contribution in [2.45, 2.75) is 37.1 Å². The number of benzene rings is 2. The normalized spacial score (nSPS) is 22.2. The van der Waals surface area contributed by atoms with Gasteiger partial charge in [0.15, 0.2) is 16.6 Å². The van der Waals surface area contributed by atoms with Crippen molar-refractivity contribution in [2.75, 3.05) is 40.2 Å². The summed E-state index contributed by atoms with van der Waals surface area (Å²) < 4.78 is 16.1. The van der Waals surface area contributed by atoms with Crippen molar-refractivity contribution in [2.24, 2.45) is 5.11 Å². The predicted molar refractivity (Wildman–Crippen MR) is 126 cm³/mol. The highest BCUT2D eigenvalue weighted by atomic mass is 16.5. The van der Waals surface area contributed by atoms with E-state index < -0.39 is 6.03 Å². The number of nitrogens with zero attached hydrogens (tertiary/aromatic N) is 3. The van der Waals surface area contributed by atoms with Crippen LogP contribution in [0.15, 0.2) is 47.6 Å². The standard InChI is InChI=1S/C25H30N4O4/c1-29-14-13-25(17-5-10-21(32-3)22(15-17)33-4)12-11-19(16-23(25)29)27-28-24(30)26-18-6-8-20(31-2)9-7-18/h5-10,15,23H,11-14,16H2,1-4H3/p+1/t23-,25-/m0/s1. The maximum atomic E-state index is 12.3. The van der Waals surface area contributed by atoms with Crippen molar-refractivity contribution in [3.05, 3.63) is 48.0 Å². The monoisotopic (exact) mass is 451 g/mol. The van der Waals surface area contributed by atoms with Crippen LogP contribution in [0.25, 0.3) is 0 Å². The Morgan fingerprint density at radius 2 is 1.82 bits per heavy atom. The van der Waals surface area contributed by atoms with E-state index in [1.807, 2.05) is 6.07 Å². The van der Waals surface area contributed by atoms with E-state index in [1.54, 1.807) is 45.6 Å². The van der Waals surface area contributed by atoms with E-state index in [4.69, 9.17) is 14.2 Å². The van der Waals surface area contributed by atoms with E-state index in [-0.39, 0.29) is 5.41 Å². The first kappa shape index (κ1) is 22.8. The number of carbonyl (C=O) groups is 1. The third kappa shape index (κ3) is 4.58. The minimum Gasteiger partial charge on any atom is -0.497 e. The molecule has 1 heterocycles. The molecule has 2 fully saturated rings. The lowest BCUT2D eigenvalue weighted by molar-refractivity contribution is -0.0871. The molecule has 8 heteroatoms. The maximum absolute atomic E-state index is 12.3. The van der Waals surface area contributed by atoms with E-state index in [1.165, 1.54) is 5.56 Å². The van der Waals surface area contributed by atoms with E-state index in [9.17, 15) is 4.79 Å². The third-order valence-corrected chi connectivity index (χ3v) is 6.95. The second-order valence-corrected chi connectivity index (χ2v) is 8.60. The number of likely N-dealkylation sites (tertiary alicyclic amines) is 1. The number of amides is 2. The zero-order valence-corrected chi connectivity index (χ0v) is 19.6. The molecule has 1 aliphatic heterocycles. The van der Waals surface area contributed by atoms with Crippen LogP contribution in [0.1, 0.15) is 31.2 Å². The molecule has 2 aromatic rings. The van der Waals surface area contributed by atoms with Crippen LogP contribution >= 0.6 is 0 Å². The van der Waals surface area contributed by atoms with Crippen molar-refractivity contribution < 1.29 is 23.8 Å². The van der Waals surface area contributed by atoms with E-state index >= 15 is 0 Å². The summed E-state index contributed by atoms with van der Waals surface area (Å²) in [4.78, 5) is 19.0. The Morgan fingerprint density at radius 3 is 2.52 bits per heavy atom. The van der Waals surface area contributed by atoms with Gasteiger partial charge in [0.1, 0.15) is 5.75 Å². The molecule has 0 spiro atoms. The molecule has 0 unspecified atom stereocenters. The number of nitrogens with one attached hydrogen (secondary N) is 1. The van der Waals surface area contributed by atoms with Gasteiger partial charge in [-0.1, -0.05) is 6.07 Å². The Bertz CT molecular complexity index is 1080. The highest BCUT2D eigenvalue weighted by molar-refractivity contribution is 5.89. The maximum Gasteiger partial charge on any atom is 0.423 e. The molecule has 0 radical (unpaired) electrons. The summed E-state index contributed by atoms with van der Waals surface area (Å²) in [6.07, 6.45) is 3.61. The Hall–Kier alpha value is -3.35. The van der Waals surface area contributed by atoms with Gasteiger partial charge in [0.25, 0.3) is 0 Å². The fourth-order valence-electron chi connectivity index (χ4n) is 5.11. The summed E-state index contributed by atoms with van der Waals surface area (Å²) in [6, 6.07) is 13.2. The molecule has 8 nitrogen and oxygen atoms in total. The fraction of sp³-hybridized carbons (Fsp3) is 0.440. The van der Waals surface area contributed by atoms with Gasteiger partial charge in [0.2, 0.25) is 0 Å². The molecular weight excluding hydrogens is 420 g/mol. The van der Waals surface area contributed by atoms with Crippen LogP contribution in [0.3, 0.4) is 0 Å². The number of hydrogen-bond acceptors (Lipinski definition) is 5. The molecule has 33 heavy (non-hydrogen) atoms. The van der Waals surface area contributed by atoms with Gasteiger partial charge in [-0.05, 0) is 68.4 Å². The highest BCUT2D eigenvalue weighted by Crippen LogP contribution is 2.49. The van der Waals surface area contributed by atoms with Gasteiger partial charge < -0.3 is 24.4 Å². The average Bonchev–Trinajstić information content (AvgIpc) is 3.19. The molecule has 1 saturated carbocycles.